The molecule has 1 aromatic carbocycles. The van der Waals surface area contributed by atoms with E-state index in [0.29, 0.717) is 10.7 Å². The molecule has 0 aliphatic heterocycles. The summed E-state index contributed by atoms with van der Waals surface area (Å²) in [5.74, 6) is -0.0928. The average molecular weight is 274 g/mol. The van der Waals surface area contributed by atoms with E-state index in [4.69, 9.17) is 11.6 Å². The van der Waals surface area contributed by atoms with Gasteiger partial charge in [0.05, 0.1) is 0 Å². The van der Waals surface area contributed by atoms with Gasteiger partial charge in [0.15, 0.2) is 0 Å². The first-order valence-electron chi connectivity index (χ1n) is 5.87. The lowest BCUT2D eigenvalue weighted by Gasteiger charge is -2.04. The Labute approximate surface area is 115 Å². The Morgan fingerprint density at radius 3 is 2.84 bits per heavy atom. The van der Waals surface area contributed by atoms with Gasteiger partial charge in [-0.1, -0.05) is 11.6 Å². The van der Waals surface area contributed by atoms with Gasteiger partial charge in [-0.2, -0.15) is 0 Å². The Morgan fingerprint density at radius 2 is 2.16 bits per heavy atom. The predicted octanol–water partition coefficient (Wildman–Crippen LogP) is 3.03. The molecule has 0 atom stereocenters. The maximum atomic E-state index is 12.5. The molecule has 2 heterocycles. The summed E-state index contributed by atoms with van der Waals surface area (Å²) >= 11 is 6.02. The zero-order chi connectivity index (χ0) is 13.6. The molecule has 19 heavy (non-hydrogen) atoms. The van der Waals surface area contributed by atoms with Crippen LogP contribution in [-0.2, 0) is 7.05 Å². The fourth-order valence-corrected chi connectivity index (χ4v) is 2.58. The van der Waals surface area contributed by atoms with Crippen LogP contribution in [0.1, 0.15) is 16.1 Å². The van der Waals surface area contributed by atoms with Gasteiger partial charge in [0.25, 0.3) is 5.91 Å². The van der Waals surface area contributed by atoms with Crippen molar-refractivity contribution in [1.82, 2.24) is 14.1 Å². The Bertz CT molecular complexity index is 772. The number of carbonyl (C=O) groups is 1. The summed E-state index contributed by atoms with van der Waals surface area (Å²) < 4.78 is 3.37. The van der Waals surface area contributed by atoms with E-state index in [0.717, 1.165) is 16.5 Å². The normalized spacial score (nSPS) is 11.1. The van der Waals surface area contributed by atoms with Crippen molar-refractivity contribution in [1.29, 1.82) is 0 Å². The van der Waals surface area contributed by atoms with Gasteiger partial charge < -0.3 is 4.57 Å². The minimum Gasteiger partial charge on any atom is -0.339 e. The quantitative estimate of drug-likeness (QED) is 0.684. The predicted molar refractivity (Wildman–Crippen MR) is 74.6 cm³/mol. The van der Waals surface area contributed by atoms with Crippen LogP contribution < -0.4 is 0 Å². The van der Waals surface area contributed by atoms with Crippen molar-refractivity contribution < 1.29 is 4.79 Å². The van der Waals surface area contributed by atoms with Crippen molar-refractivity contribution >= 4 is 28.4 Å². The third-order valence-corrected chi connectivity index (χ3v) is 3.59. The van der Waals surface area contributed by atoms with Crippen LogP contribution in [0.3, 0.4) is 0 Å². The minimum atomic E-state index is -0.0928. The summed E-state index contributed by atoms with van der Waals surface area (Å²) in [6.07, 6.45) is 4.74. The molecule has 0 fully saturated rings. The highest BCUT2D eigenvalue weighted by Crippen LogP contribution is 2.27. The van der Waals surface area contributed by atoms with Gasteiger partial charge >= 0.3 is 0 Å². The molecule has 96 valence electrons. The highest BCUT2D eigenvalue weighted by molar-refractivity contribution is 6.31. The molecule has 0 N–H and O–H groups in total. The first-order chi connectivity index (χ1) is 9.09. The number of hydrogen-bond donors (Lipinski definition) is 0. The topological polar surface area (TPSA) is 39.8 Å². The number of benzene rings is 1. The number of rotatable bonds is 1. The molecule has 0 saturated heterocycles. The van der Waals surface area contributed by atoms with Crippen molar-refractivity contribution in [3.05, 3.63) is 53.2 Å². The number of fused-ring (bicyclic) bond motifs is 1. The molecule has 3 aromatic rings. The Morgan fingerprint density at radius 1 is 1.37 bits per heavy atom. The first kappa shape index (κ1) is 12.0. The molecule has 2 aromatic heterocycles. The molecule has 0 amide bonds. The van der Waals surface area contributed by atoms with Gasteiger partial charge in [-0.25, -0.2) is 4.98 Å². The molecule has 4 nitrogen and oxygen atoms in total. The van der Waals surface area contributed by atoms with Crippen LogP contribution in [0.4, 0.5) is 0 Å². The van der Waals surface area contributed by atoms with Crippen molar-refractivity contribution in [2.24, 2.45) is 7.05 Å². The molecule has 0 bridgehead atoms. The zero-order valence-corrected chi connectivity index (χ0v) is 11.3. The zero-order valence-electron chi connectivity index (χ0n) is 10.6. The summed E-state index contributed by atoms with van der Waals surface area (Å²) in [6, 6.07) is 5.64. The molecule has 0 unspecified atom stereocenters. The second kappa shape index (κ2) is 4.24. The van der Waals surface area contributed by atoms with Crippen LogP contribution >= 0.6 is 11.6 Å². The van der Waals surface area contributed by atoms with Crippen molar-refractivity contribution in [3.8, 4) is 0 Å². The van der Waals surface area contributed by atoms with E-state index < -0.39 is 0 Å². The highest BCUT2D eigenvalue weighted by Gasteiger charge is 2.19. The van der Waals surface area contributed by atoms with Crippen LogP contribution in [0.2, 0.25) is 5.02 Å². The molecule has 0 spiro atoms. The van der Waals surface area contributed by atoms with Gasteiger partial charge in [-0.3, -0.25) is 9.36 Å². The first-order valence-corrected chi connectivity index (χ1v) is 6.24. The summed E-state index contributed by atoms with van der Waals surface area (Å²) in [4.78, 5) is 16.4. The molecule has 0 radical (unpaired) electrons. The van der Waals surface area contributed by atoms with E-state index in [-0.39, 0.29) is 5.91 Å². The van der Waals surface area contributed by atoms with Gasteiger partial charge in [0.2, 0.25) is 0 Å². The van der Waals surface area contributed by atoms with E-state index in [1.807, 2.05) is 36.7 Å². The minimum absolute atomic E-state index is 0.0928. The number of halogens is 1. The van der Waals surface area contributed by atoms with Gasteiger partial charge in [-0.15, -0.1) is 0 Å². The van der Waals surface area contributed by atoms with Crippen LogP contribution in [0.5, 0.6) is 0 Å². The maximum absolute atomic E-state index is 12.5. The number of hydrogen-bond acceptors (Lipinski definition) is 2. The van der Waals surface area contributed by atoms with E-state index in [9.17, 15) is 4.79 Å². The van der Waals surface area contributed by atoms with E-state index in [1.54, 1.807) is 12.4 Å². The summed E-state index contributed by atoms with van der Waals surface area (Å²) in [5, 5.41) is 1.67. The standard InChI is InChI=1S/C14H12ClN3O/c1-9-11-7-10(15)3-4-12(11)17(2)13(9)14(19)18-6-5-16-8-18/h3-8H,1-2H3. The number of nitrogens with zero attached hydrogens (tertiary/aromatic N) is 3. The molecule has 0 aliphatic carbocycles. The molecular formula is C14H12ClN3O. The van der Waals surface area contributed by atoms with Crippen LogP contribution in [-0.4, -0.2) is 20.0 Å². The number of aromatic nitrogens is 3. The third-order valence-electron chi connectivity index (χ3n) is 3.36. The summed E-state index contributed by atoms with van der Waals surface area (Å²) in [6.45, 7) is 1.93. The third kappa shape index (κ3) is 1.76. The van der Waals surface area contributed by atoms with Crippen LogP contribution in [0.15, 0.2) is 36.9 Å². The molecule has 0 aliphatic rings. The van der Waals surface area contributed by atoms with Gasteiger partial charge in [0.1, 0.15) is 12.0 Å². The average Bonchev–Trinajstić information content (AvgIpc) is 2.98. The maximum Gasteiger partial charge on any atom is 0.280 e. The van der Waals surface area contributed by atoms with Gasteiger partial charge in [-0.05, 0) is 30.7 Å². The van der Waals surface area contributed by atoms with Crippen molar-refractivity contribution in [3.63, 3.8) is 0 Å². The number of imidazole rings is 1. The molecule has 0 saturated carbocycles. The lowest BCUT2D eigenvalue weighted by Crippen LogP contribution is -2.15. The van der Waals surface area contributed by atoms with E-state index in [2.05, 4.69) is 4.98 Å². The summed E-state index contributed by atoms with van der Waals surface area (Å²) in [5.41, 5.74) is 2.57. The molecule has 5 heteroatoms. The summed E-state index contributed by atoms with van der Waals surface area (Å²) in [7, 11) is 1.88. The lowest BCUT2D eigenvalue weighted by molar-refractivity contribution is 0.0951. The fourth-order valence-electron chi connectivity index (χ4n) is 2.41. The fraction of sp³-hybridized carbons (Fsp3) is 0.143. The Kier molecular flexibility index (Phi) is 2.68. The molecule has 3 rings (SSSR count). The SMILES string of the molecule is Cc1c(C(=O)n2ccnc2)n(C)c2ccc(Cl)cc12. The monoisotopic (exact) mass is 273 g/mol. The van der Waals surface area contributed by atoms with E-state index in [1.165, 1.54) is 10.9 Å². The molecular weight excluding hydrogens is 262 g/mol. The van der Waals surface area contributed by atoms with E-state index >= 15 is 0 Å². The number of carbonyl (C=O) groups excluding carboxylic acids is 1. The van der Waals surface area contributed by atoms with Crippen LogP contribution in [0, 0.1) is 6.92 Å². The van der Waals surface area contributed by atoms with Crippen molar-refractivity contribution in [2.45, 2.75) is 6.92 Å². The highest BCUT2D eigenvalue weighted by atomic mass is 35.5. The van der Waals surface area contributed by atoms with Crippen molar-refractivity contribution in [2.75, 3.05) is 0 Å². The largest absolute Gasteiger partial charge is 0.339 e. The second-order valence-corrected chi connectivity index (χ2v) is 4.91. The Balaban J connectivity index is 2.27. The van der Waals surface area contributed by atoms with Crippen LogP contribution in [0.25, 0.3) is 10.9 Å². The Hall–Kier alpha value is -2.07. The smallest absolute Gasteiger partial charge is 0.280 e. The number of aryl methyl sites for hydroxylation is 2. The van der Waals surface area contributed by atoms with Gasteiger partial charge in [0, 0.05) is 35.4 Å². The second-order valence-electron chi connectivity index (χ2n) is 4.47. The lowest BCUT2D eigenvalue weighted by atomic mass is 10.1.